The molecule has 1 aromatic carbocycles. The van der Waals surface area contributed by atoms with Crippen LogP contribution in [0, 0.1) is 0 Å². The second-order valence-corrected chi connectivity index (χ2v) is 7.63. The van der Waals surface area contributed by atoms with Crippen LogP contribution in [-0.2, 0) is 6.54 Å². The summed E-state index contributed by atoms with van der Waals surface area (Å²) in [6.07, 6.45) is -0.352. The van der Waals surface area contributed by atoms with Gasteiger partial charge in [-0.1, -0.05) is 35.0 Å². The molecule has 7 nitrogen and oxygen atoms in total. The van der Waals surface area contributed by atoms with E-state index in [1.165, 1.54) is 9.58 Å². The van der Waals surface area contributed by atoms with Crippen molar-refractivity contribution in [1.29, 1.82) is 0 Å². The molecule has 0 atom stereocenters. The van der Waals surface area contributed by atoms with Crippen molar-refractivity contribution in [2.75, 3.05) is 24.6 Å². The average Bonchev–Trinajstić information content (AvgIpc) is 3.24. The summed E-state index contributed by atoms with van der Waals surface area (Å²) in [6.45, 7) is -0.622. The number of rotatable bonds is 6. The van der Waals surface area contributed by atoms with Gasteiger partial charge in [0.15, 0.2) is 23.6 Å². The first-order valence-corrected chi connectivity index (χ1v) is 9.47. The predicted octanol–water partition coefficient (Wildman–Crippen LogP) is 3.80. The monoisotopic (exact) mass is 444 g/mol. The second kappa shape index (κ2) is 7.53. The molecule has 0 radical (unpaired) electrons. The number of anilines is 1. The van der Waals surface area contributed by atoms with Crippen molar-refractivity contribution in [1.82, 2.24) is 25.0 Å². The van der Waals surface area contributed by atoms with Crippen LogP contribution in [0.25, 0.3) is 11.2 Å². The highest BCUT2D eigenvalue weighted by Crippen LogP contribution is 2.34. The fourth-order valence-electron chi connectivity index (χ4n) is 3.11. The van der Waals surface area contributed by atoms with Crippen LogP contribution in [0.1, 0.15) is 18.9 Å². The molecule has 3 aromatic rings. The molecule has 0 N–H and O–H groups in total. The summed E-state index contributed by atoms with van der Waals surface area (Å²) in [5, 5.41) is 8.58. The first-order chi connectivity index (χ1) is 14.1. The summed E-state index contributed by atoms with van der Waals surface area (Å²) >= 11 is 6.20. The molecule has 0 spiro atoms. The zero-order chi connectivity index (χ0) is 21.5. The number of hydrogen-bond donors (Lipinski definition) is 0. The van der Waals surface area contributed by atoms with Crippen molar-refractivity contribution in [2.45, 2.75) is 31.7 Å². The third kappa shape index (κ3) is 4.40. The lowest BCUT2D eigenvalue weighted by Gasteiger charge is -2.18. The van der Waals surface area contributed by atoms with Crippen molar-refractivity contribution >= 4 is 28.6 Å². The zero-order valence-electron chi connectivity index (χ0n) is 15.8. The Bertz CT molecular complexity index is 1070. The van der Waals surface area contributed by atoms with E-state index in [-0.39, 0.29) is 42.5 Å². The molecule has 2 aromatic heterocycles. The average molecular weight is 445 g/mol. The molecular formula is C18H17ClF4N6O. The maximum absolute atomic E-state index is 13.8. The summed E-state index contributed by atoms with van der Waals surface area (Å²) in [6, 6.07) is 6.70. The van der Waals surface area contributed by atoms with Crippen LogP contribution >= 0.6 is 11.6 Å². The maximum Gasteiger partial charge on any atom is 0.320 e. The van der Waals surface area contributed by atoms with E-state index in [9.17, 15) is 17.6 Å². The lowest BCUT2D eigenvalue weighted by Crippen LogP contribution is -2.27. The molecule has 0 bridgehead atoms. The largest absolute Gasteiger partial charge is 0.457 e. The van der Waals surface area contributed by atoms with E-state index in [1.54, 1.807) is 24.3 Å². The Labute approximate surface area is 173 Å². The maximum atomic E-state index is 13.8. The minimum atomic E-state index is -3.12. The quantitative estimate of drug-likeness (QED) is 0.539. The van der Waals surface area contributed by atoms with E-state index in [0.717, 1.165) is 5.56 Å². The Morgan fingerprint density at radius 1 is 1.23 bits per heavy atom. The molecule has 0 aliphatic carbocycles. The molecule has 1 aliphatic heterocycles. The van der Waals surface area contributed by atoms with Gasteiger partial charge in [-0.25, -0.2) is 22.2 Å². The van der Waals surface area contributed by atoms with Gasteiger partial charge in [0.1, 0.15) is 0 Å². The normalized spacial score (nSPS) is 16.4. The number of halogens is 5. The molecule has 4 rings (SSSR count). The van der Waals surface area contributed by atoms with Gasteiger partial charge in [0.25, 0.3) is 11.8 Å². The standard InChI is InChI=1S/C18H17ClF4N6O/c1-17(20,21)10-30-16-24-14(28-7-6-18(22,23)9-28)13-15(25-16)29(27-26-13)8-11-4-2-3-5-12(11)19/h2-5H,6-10H2,1H3. The SMILES string of the molecule is CC(F)(F)COc1nc(N2CCC(F)(F)C2)c2nnn(Cc3ccccc3Cl)c2n1. The number of aromatic nitrogens is 5. The topological polar surface area (TPSA) is 69.0 Å². The molecule has 0 unspecified atom stereocenters. The molecule has 0 amide bonds. The summed E-state index contributed by atoms with van der Waals surface area (Å²) in [5.74, 6) is -5.94. The van der Waals surface area contributed by atoms with Gasteiger partial charge in [0.05, 0.1) is 13.1 Å². The lowest BCUT2D eigenvalue weighted by molar-refractivity contribution is -0.0255. The van der Waals surface area contributed by atoms with Crippen LogP contribution in [0.2, 0.25) is 5.02 Å². The van der Waals surface area contributed by atoms with Crippen LogP contribution in [0.5, 0.6) is 6.01 Å². The lowest BCUT2D eigenvalue weighted by atomic mass is 10.2. The Kier molecular flexibility index (Phi) is 5.16. The molecule has 160 valence electrons. The van der Waals surface area contributed by atoms with Crippen LogP contribution in [0.15, 0.2) is 24.3 Å². The van der Waals surface area contributed by atoms with Gasteiger partial charge < -0.3 is 9.64 Å². The van der Waals surface area contributed by atoms with Gasteiger partial charge in [-0.3, -0.25) is 0 Å². The Morgan fingerprint density at radius 3 is 2.67 bits per heavy atom. The van der Waals surface area contributed by atoms with Crippen molar-refractivity contribution in [3.63, 3.8) is 0 Å². The number of nitrogens with zero attached hydrogens (tertiary/aromatic N) is 6. The second-order valence-electron chi connectivity index (χ2n) is 7.23. The number of alkyl halides is 4. The molecule has 1 fully saturated rings. The molecule has 12 heteroatoms. The Morgan fingerprint density at radius 2 is 2.00 bits per heavy atom. The van der Waals surface area contributed by atoms with Crippen molar-refractivity contribution in [3.8, 4) is 6.01 Å². The minimum absolute atomic E-state index is 0.0276. The van der Waals surface area contributed by atoms with Gasteiger partial charge in [-0.15, -0.1) is 5.10 Å². The fourth-order valence-corrected chi connectivity index (χ4v) is 3.31. The molecule has 30 heavy (non-hydrogen) atoms. The van der Waals surface area contributed by atoms with Crippen LogP contribution in [-0.4, -0.2) is 56.5 Å². The number of benzene rings is 1. The highest BCUT2D eigenvalue weighted by atomic mass is 35.5. The number of ether oxygens (including phenoxy) is 1. The van der Waals surface area contributed by atoms with Gasteiger partial charge >= 0.3 is 6.01 Å². The first-order valence-electron chi connectivity index (χ1n) is 9.09. The highest BCUT2D eigenvalue weighted by Gasteiger charge is 2.40. The summed E-state index contributed by atoms with van der Waals surface area (Å²) in [5.41, 5.74) is 1.07. The van der Waals surface area contributed by atoms with E-state index in [2.05, 4.69) is 20.3 Å². The Hall–Kier alpha value is -2.69. The molecular weight excluding hydrogens is 428 g/mol. The van der Waals surface area contributed by atoms with Gasteiger partial charge in [0.2, 0.25) is 0 Å². The zero-order valence-corrected chi connectivity index (χ0v) is 16.6. The van der Waals surface area contributed by atoms with Gasteiger partial charge in [-0.05, 0) is 11.6 Å². The Balaban J connectivity index is 1.75. The predicted molar refractivity (Wildman–Crippen MR) is 102 cm³/mol. The molecule has 1 aliphatic rings. The summed E-state index contributed by atoms with van der Waals surface area (Å²) in [7, 11) is 0. The molecule has 0 saturated carbocycles. The van der Waals surface area contributed by atoms with Gasteiger partial charge in [0, 0.05) is 24.9 Å². The van der Waals surface area contributed by atoms with E-state index in [0.29, 0.717) is 11.9 Å². The van der Waals surface area contributed by atoms with E-state index >= 15 is 0 Å². The van der Waals surface area contributed by atoms with E-state index < -0.39 is 25.0 Å². The van der Waals surface area contributed by atoms with Crippen LogP contribution in [0.3, 0.4) is 0 Å². The fraction of sp³-hybridized carbons (Fsp3) is 0.444. The van der Waals surface area contributed by atoms with E-state index in [1.807, 2.05) is 0 Å². The number of fused-ring (bicyclic) bond motifs is 1. The minimum Gasteiger partial charge on any atom is -0.457 e. The molecule has 1 saturated heterocycles. The van der Waals surface area contributed by atoms with Crippen LogP contribution in [0.4, 0.5) is 23.4 Å². The van der Waals surface area contributed by atoms with Crippen molar-refractivity contribution < 1.29 is 22.3 Å². The van der Waals surface area contributed by atoms with Crippen LogP contribution < -0.4 is 9.64 Å². The van der Waals surface area contributed by atoms with Crippen molar-refractivity contribution in [3.05, 3.63) is 34.9 Å². The highest BCUT2D eigenvalue weighted by molar-refractivity contribution is 6.31. The first kappa shape index (κ1) is 20.6. The van der Waals surface area contributed by atoms with E-state index in [4.69, 9.17) is 16.3 Å². The third-order valence-electron chi connectivity index (χ3n) is 4.53. The summed E-state index contributed by atoms with van der Waals surface area (Å²) in [4.78, 5) is 9.55. The number of hydrogen-bond acceptors (Lipinski definition) is 6. The third-order valence-corrected chi connectivity index (χ3v) is 4.89. The smallest absolute Gasteiger partial charge is 0.320 e. The summed E-state index contributed by atoms with van der Waals surface area (Å²) < 4.78 is 60.4. The molecule has 3 heterocycles. The van der Waals surface area contributed by atoms with Gasteiger partial charge in [-0.2, -0.15) is 9.97 Å². The van der Waals surface area contributed by atoms with Crippen molar-refractivity contribution in [2.24, 2.45) is 0 Å².